The molecule has 1 fully saturated rings. The first kappa shape index (κ1) is 15.9. The molecule has 0 spiro atoms. The van der Waals surface area contributed by atoms with E-state index in [0.717, 1.165) is 12.8 Å². The molecular formula is C13H27NO3S. The average molecular weight is 277 g/mol. The number of aliphatic hydroxyl groups excluding tert-OH is 1. The van der Waals surface area contributed by atoms with Gasteiger partial charge >= 0.3 is 0 Å². The van der Waals surface area contributed by atoms with Gasteiger partial charge in [0.05, 0.1) is 11.4 Å². The summed E-state index contributed by atoms with van der Waals surface area (Å²) >= 11 is 0. The maximum Gasteiger partial charge on any atom is 0.219 e. The van der Waals surface area contributed by atoms with Gasteiger partial charge in [-0.25, -0.2) is 8.42 Å². The number of hydrogen-bond donors (Lipinski definition) is 1. The molecule has 0 bridgehead atoms. The fraction of sp³-hybridized carbons (Fsp3) is 1.00. The van der Waals surface area contributed by atoms with Crippen LogP contribution in [0.15, 0.2) is 0 Å². The lowest BCUT2D eigenvalue weighted by molar-refractivity contribution is 0.161. The van der Waals surface area contributed by atoms with E-state index >= 15 is 0 Å². The van der Waals surface area contributed by atoms with Gasteiger partial charge in [0.15, 0.2) is 0 Å². The Kier molecular flexibility index (Phi) is 4.84. The molecule has 18 heavy (non-hydrogen) atoms. The molecule has 0 unspecified atom stereocenters. The van der Waals surface area contributed by atoms with Crippen molar-refractivity contribution in [3.8, 4) is 0 Å². The van der Waals surface area contributed by atoms with Crippen LogP contribution in [0.4, 0.5) is 0 Å². The predicted octanol–water partition coefficient (Wildman–Crippen LogP) is 1.99. The molecule has 1 aliphatic rings. The monoisotopic (exact) mass is 277 g/mol. The van der Waals surface area contributed by atoms with E-state index in [2.05, 4.69) is 13.8 Å². The summed E-state index contributed by atoms with van der Waals surface area (Å²) in [6.07, 6.45) is 2.55. The first-order valence-corrected chi connectivity index (χ1v) is 8.19. The van der Waals surface area contributed by atoms with E-state index in [1.807, 2.05) is 0 Å². The van der Waals surface area contributed by atoms with Crippen LogP contribution in [-0.2, 0) is 10.0 Å². The molecule has 0 aromatic heterocycles. The van der Waals surface area contributed by atoms with E-state index in [0.29, 0.717) is 12.3 Å². The topological polar surface area (TPSA) is 57.6 Å². The van der Waals surface area contributed by atoms with Crippen molar-refractivity contribution in [1.29, 1.82) is 0 Å². The molecule has 0 aromatic rings. The Morgan fingerprint density at radius 3 is 2.06 bits per heavy atom. The van der Waals surface area contributed by atoms with Crippen molar-refractivity contribution in [2.75, 3.05) is 6.61 Å². The molecule has 0 saturated heterocycles. The molecule has 1 saturated carbocycles. The third-order valence-electron chi connectivity index (χ3n) is 3.27. The highest BCUT2D eigenvalue weighted by Gasteiger charge is 2.46. The summed E-state index contributed by atoms with van der Waals surface area (Å²) in [5, 5.41) is 9.54. The largest absolute Gasteiger partial charge is 0.395 e. The second kappa shape index (κ2) is 5.47. The third-order valence-corrected chi connectivity index (χ3v) is 5.97. The minimum Gasteiger partial charge on any atom is -0.395 e. The summed E-state index contributed by atoms with van der Waals surface area (Å²) in [7, 11) is -3.36. The summed E-state index contributed by atoms with van der Waals surface area (Å²) in [5.41, 5.74) is 0. The standard InChI is InChI=1S/C13H27NO3S/c1-10(2)8-12(9-15)14(11-6-7-11)18(16,17)13(3,4)5/h10-12,15H,6-9H2,1-5H3/t12-/m1/s1. The zero-order chi connectivity index (χ0) is 14.1. The predicted molar refractivity (Wildman–Crippen MR) is 73.9 cm³/mol. The SMILES string of the molecule is CC(C)C[C@H](CO)N(C1CC1)S(=O)(=O)C(C)(C)C. The van der Waals surface area contributed by atoms with Gasteiger partial charge in [-0.2, -0.15) is 4.31 Å². The van der Waals surface area contributed by atoms with Crippen molar-refractivity contribution >= 4 is 10.0 Å². The van der Waals surface area contributed by atoms with Gasteiger partial charge in [0, 0.05) is 12.1 Å². The van der Waals surface area contributed by atoms with Crippen molar-refractivity contribution < 1.29 is 13.5 Å². The summed E-state index contributed by atoms with van der Waals surface area (Å²) in [4.78, 5) is 0. The van der Waals surface area contributed by atoms with E-state index in [1.54, 1.807) is 25.1 Å². The molecule has 5 heteroatoms. The Morgan fingerprint density at radius 2 is 1.78 bits per heavy atom. The molecule has 0 radical (unpaired) electrons. The number of nitrogens with zero attached hydrogens (tertiary/aromatic N) is 1. The Bertz CT molecular complexity index is 366. The van der Waals surface area contributed by atoms with Crippen molar-refractivity contribution in [3.05, 3.63) is 0 Å². The van der Waals surface area contributed by atoms with Crippen LogP contribution in [0.5, 0.6) is 0 Å². The van der Waals surface area contributed by atoms with Crippen LogP contribution in [0.3, 0.4) is 0 Å². The van der Waals surface area contributed by atoms with Crippen LogP contribution < -0.4 is 0 Å². The second-order valence-corrected chi connectivity index (χ2v) is 9.24. The average Bonchev–Trinajstić information content (AvgIpc) is 2.98. The van der Waals surface area contributed by atoms with Crippen LogP contribution in [0.25, 0.3) is 0 Å². The molecule has 1 atom stereocenters. The molecule has 1 N–H and O–H groups in total. The summed E-state index contributed by atoms with van der Waals surface area (Å²) in [6, 6.07) is -0.174. The molecule has 0 amide bonds. The first-order valence-electron chi connectivity index (χ1n) is 6.75. The highest BCUT2D eigenvalue weighted by molar-refractivity contribution is 7.90. The first-order chi connectivity index (χ1) is 8.11. The van der Waals surface area contributed by atoms with Gasteiger partial charge in [0.2, 0.25) is 10.0 Å². The van der Waals surface area contributed by atoms with Crippen LogP contribution in [0.2, 0.25) is 0 Å². The number of rotatable bonds is 6. The summed E-state index contributed by atoms with van der Waals surface area (Å²) < 4.78 is 26.0. The normalized spacial score (nSPS) is 19.6. The van der Waals surface area contributed by atoms with E-state index in [9.17, 15) is 13.5 Å². The molecule has 0 heterocycles. The van der Waals surface area contributed by atoms with Crippen LogP contribution in [0.1, 0.15) is 53.9 Å². The van der Waals surface area contributed by atoms with Crippen molar-refractivity contribution in [3.63, 3.8) is 0 Å². The molecule has 0 aromatic carbocycles. The Labute approximate surface area is 111 Å². The Morgan fingerprint density at radius 1 is 1.28 bits per heavy atom. The van der Waals surface area contributed by atoms with Gasteiger partial charge in [-0.1, -0.05) is 13.8 Å². The minimum atomic E-state index is -3.36. The van der Waals surface area contributed by atoms with Crippen LogP contribution in [0, 0.1) is 5.92 Å². The van der Waals surface area contributed by atoms with Crippen molar-refractivity contribution in [2.45, 2.75) is 70.7 Å². The lowest BCUT2D eigenvalue weighted by atomic mass is 10.0. The highest BCUT2D eigenvalue weighted by atomic mass is 32.2. The zero-order valence-electron chi connectivity index (χ0n) is 12.2. The van der Waals surface area contributed by atoms with Crippen LogP contribution >= 0.6 is 0 Å². The van der Waals surface area contributed by atoms with Gasteiger partial charge in [-0.3, -0.25) is 0 Å². The minimum absolute atomic E-state index is 0.0933. The van der Waals surface area contributed by atoms with Crippen LogP contribution in [-0.4, -0.2) is 41.3 Å². The van der Waals surface area contributed by atoms with E-state index in [1.165, 1.54) is 0 Å². The lowest BCUT2D eigenvalue weighted by Crippen LogP contribution is -2.51. The lowest BCUT2D eigenvalue weighted by Gasteiger charge is -2.36. The van der Waals surface area contributed by atoms with Gasteiger partial charge in [0.25, 0.3) is 0 Å². The van der Waals surface area contributed by atoms with E-state index < -0.39 is 14.8 Å². The number of sulfonamides is 1. The molecule has 108 valence electrons. The zero-order valence-corrected chi connectivity index (χ0v) is 13.0. The van der Waals surface area contributed by atoms with E-state index in [4.69, 9.17) is 0 Å². The Hall–Kier alpha value is -0.130. The summed E-state index contributed by atoms with van der Waals surface area (Å²) in [5.74, 6) is 0.374. The molecule has 1 rings (SSSR count). The fourth-order valence-corrected chi connectivity index (χ4v) is 3.92. The molecule has 4 nitrogen and oxygen atoms in total. The second-order valence-electron chi connectivity index (χ2n) is 6.64. The van der Waals surface area contributed by atoms with Gasteiger partial charge in [-0.05, 0) is 46.0 Å². The smallest absolute Gasteiger partial charge is 0.219 e. The fourth-order valence-electron chi connectivity index (χ4n) is 2.14. The van der Waals surface area contributed by atoms with Gasteiger partial charge < -0.3 is 5.11 Å². The Balaban J connectivity index is 3.02. The maximum atomic E-state index is 12.6. The van der Waals surface area contributed by atoms with E-state index in [-0.39, 0.29) is 18.7 Å². The quantitative estimate of drug-likeness (QED) is 0.807. The van der Waals surface area contributed by atoms with Gasteiger partial charge in [-0.15, -0.1) is 0 Å². The van der Waals surface area contributed by atoms with Gasteiger partial charge in [0.1, 0.15) is 0 Å². The molecular weight excluding hydrogens is 250 g/mol. The maximum absolute atomic E-state index is 12.6. The van der Waals surface area contributed by atoms with Crippen molar-refractivity contribution in [1.82, 2.24) is 4.31 Å². The number of aliphatic hydroxyl groups is 1. The summed E-state index contributed by atoms with van der Waals surface area (Å²) in [6.45, 7) is 9.18. The third kappa shape index (κ3) is 3.45. The number of hydrogen-bond acceptors (Lipinski definition) is 3. The highest BCUT2D eigenvalue weighted by Crippen LogP contribution is 2.36. The molecule has 1 aliphatic carbocycles. The van der Waals surface area contributed by atoms with Crippen molar-refractivity contribution in [2.24, 2.45) is 5.92 Å². The molecule has 0 aliphatic heterocycles.